The standard InChI is InChI=1S/C10H16O/c1-2-3-4-6-9-7-5-8-10(9)11/h2-3,9H,4-8H2,1H3/b3-2+/t9-/m1/s1. The van der Waals surface area contributed by atoms with Gasteiger partial charge in [0.25, 0.3) is 0 Å². The third-order valence-electron chi connectivity index (χ3n) is 2.35. The van der Waals surface area contributed by atoms with Crippen molar-refractivity contribution in [2.45, 2.75) is 39.0 Å². The first kappa shape index (κ1) is 8.51. The van der Waals surface area contributed by atoms with Crippen molar-refractivity contribution >= 4 is 5.78 Å². The highest BCUT2D eigenvalue weighted by Gasteiger charge is 2.22. The molecule has 1 rings (SSSR count). The number of hydrogen-bond acceptors (Lipinski definition) is 1. The van der Waals surface area contributed by atoms with Crippen molar-refractivity contribution in [1.29, 1.82) is 0 Å². The minimum Gasteiger partial charge on any atom is -0.299 e. The fourth-order valence-electron chi connectivity index (χ4n) is 1.66. The maximum atomic E-state index is 11.1. The summed E-state index contributed by atoms with van der Waals surface area (Å²) in [6.07, 6.45) is 9.44. The molecule has 1 nitrogen and oxygen atoms in total. The van der Waals surface area contributed by atoms with Crippen molar-refractivity contribution < 1.29 is 4.79 Å². The van der Waals surface area contributed by atoms with Gasteiger partial charge in [0, 0.05) is 12.3 Å². The number of ketones is 1. The molecule has 62 valence electrons. The molecule has 0 aromatic rings. The summed E-state index contributed by atoms with van der Waals surface area (Å²) in [5.41, 5.74) is 0. The highest BCUT2D eigenvalue weighted by Crippen LogP contribution is 2.25. The van der Waals surface area contributed by atoms with Crippen LogP contribution in [0.3, 0.4) is 0 Å². The molecule has 1 aliphatic rings. The molecule has 0 heterocycles. The largest absolute Gasteiger partial charge is 0.299 e. The van der Waals surface area contributed by atoms with E-state index < -0.39 is 0 Å². The van der Waals surface area contributed by atoms with Crippen LogP contribution in [0.4, 0.5) is 0 Å². The Hall–Kier alpha value is -0.590. The van der Waals surface area contributed by atoms with Crippen LogP contribution < -0.4 is 0 Å². The topological polar surface area (TPSA) is 17.1 Å². The summed E-state index contributed by atoms with van der Waals surface area (Å²) in [6, 6.07) is 0. The van der Waals surface area contributed by atoms with Crippen LogP contribution in [0.25, 0.3) is 0 Å². The Balaban J connectivity index is 2.20. The van der Waals surface area contributed by atoms with Crippen LogP contribution >= 0.6 is 0 Å². The molecule has 1 atom stereocenters. The molecule has 1 saturated carbocycles. The van der Waals surface area contributed by atoms with Gasteiger partial charge in [-0.1, -0.05) is 12.2 Å². The molecule has 0 radical (unpaired) electrons. The highest BCUT2D eigenvalue weighted by atomic mass is 16.1. The van der Waals surface area contributed by atoms with Gasteiger partial charge in [0.15, 0.2) is 0 Å². The van der Waals surface area contributed by atoms with Crippen LogP contribution in [0.15, 0.2) is 12.2 Å². The van der Waals surface area contributed by atoms with Gasteiger partial charge >= 0.3 is 0 Å². The molecular weight excluding hydrogens is 136 g/mol. The van der Waals surface area contributed by atoms with Gasteiger partial charge in [0.1, 0.15) is 5.78 Å². The van der Waals surface area contributed by atoms with Gasteiger partial charge in [-0.25, -0.2) is 0 Å². The number of carbonyl (C=O) groups excluding carboxylic acids is 1. The molecular formula is C10H16O. The van der Waals surface area contributed by atoms with Gasteiger partial charge < -0.3 is 0 Å². The lowest BCUT2D eigenvalue weighted by Crippen LogP contribution is -2.04. The Morgan fingerprint density at radius 2 is 2.45 bits per heavy atom. The van der Waals surface area contributed by atoms with Crippen LogP contribution in [0.2, 0.25) is 0 Å². The molecule has 1 heteroatoms. The predicted octanol–water partition coefficient (Wildman–Crippen LogP) is 2.71. The zero-order valence-electron chi connectivity index (χ0n) is 7.18. The third-order valence-corrected chi connectivity index (χ3v) is 2.35. The van der Waals surface area contributed by atoms with Crippen molar-refractivity contribution in [1.82, 2.24) is 0 Å². The average molecular weight is 152 g/mol. The second kappa shape index (κ2) is 4.32. The summed E-state index contributed by atoms with van der Waals surface area (Å²) in [7, 11) is 0. The van der Waals surface area contributed by atoms with Crippen LogP contribution in [-0.2, 0) is 4.79 Å². The number of hydrogen-bond donors (Lipinski definition) is 0. The van der Waals surface area contributed by atoms with Crippen molar-refractivity contribution in [3.8, 4) is 0 Å². The number of allylic oxidation sites excluding steroid dienone is 2. The summed E-state index contributed by atoms with van der Waals surface area (Å²) in [4.78, 5) is 11.1. The fraction of sp³-hybridized carbons (Fsp3) is 0.700. The van der Waals surface area contributed by atoms with Crippen LogP contribution in [-0.4, -0.2) is 5.78 Å². The molecule has 0 aromatic heterocycles. The first-order valence-electron chi connectivity index (χ1n) is 4.48. The molecule has 0 bridgehead atoms. The van der Waals surface area contributed by atoms with Gasteiger partial charge in [-0.05, 0) is 32.6 Å². The Labute approximate surface area is 68.5 Å². The summed E-state index contributed by atoms with van der Waals surface area (Å²) in [6.45, 7) is 2.02. The van der Waals surface area contributed by atoms with Crippen LogP contribution in [0, 0.1) is 5.92 Å². The zero-order valence-corrected chi connectivity index (χ0v) is 7.18. The molecule has 0 aliphatic heterocycles. The lowest BCUT2D eigenvalue weighted by Gasteiger charge is -2.03. The van der Waals surface area contributed by atoms with Gasteiger partial charge in [0.2, 0.25) is 0 Å². The van der Waals surface area contributed by atoms with Gasteiger partial charge in [0.05, 0.1) is 0 Å². The monoisotopic (exact) mass is 152 g/mol. The molecule has 1 fully saturated rings. The van der Waals surface area contributed by atoms with E-state index in [0.717, 1.165) is 32.1 Å². The Bertz CT molecular complexity index is 158. The maximum absolute atomic E-state index is 11.1. The van der Waals surface area contributed by atoms with E-state index >= 15 is 0 Å². The summed E-state index contributed by atoms with van der Waals surface area (Å²) < 4.78 is 0. The summed E-state index contributed by atoms with van der Waals surface area (Å²) in [5.74, 6) is 0.890. The van der Waals surface area contributed by atoms with E-state index in [2.05, 4.69) is 12.2 Å². The van der Waals surface area contributed by atoms with Crippen molar-refractivity contribution in [2.75, 3.05) is 0 Å². The van der Waals surface area contributed by atoms with E-state index in [4.69, 9.17) is 0 Å². The molecule has 0 amide bonds. The SMILES string of the molecule is C/C=C/CC[C@@H]1CCCC1=O. The second-order valence-electron chi connectivity index (χ2n) is 3.20. The highest BCUT2D eigenvalue weighted by molar-refractivity contribution is 5.82. The first-order valence-corrected chi connectivity index (χ1v) is 4.48. The molecule has 0 N–H and O–H groups in total. The van der Waals surface area contributed by atoms with Crippen molar-refractivity contribution in [3.05, 3.63) is 12.2 Å². The summed E-state index contributed by atoms with van der Waals surface area (Å²) >= 11 is 0. The Morgan fingerprint density at radius 3 is 3.00 bits per heavy atom. The van der Waals surface area contributed by atoms with Gasteiger partial charge in [-0.2, -0.15) is 0 Å². The lowest BCUT2D eigenvalue weighted by molar-refractivity contribution is -0.120. The lowest BCUT2D eigenvalue weighted by atomic mass is 10.0. The normalized spacial score (nSPS) is 25.2. The molecule has 0 saturated heterocycles. The molecule has 0 aromatic carbocycles. The minimum absolute atomic E-state index is 0.395. The maximum Gasteiger partial charge on any atom is 0.135 e. The van der Waals surface area contributed by atoms with E-state index in [1.807, 2.05) is 6.92 Å². The van der Waals surface area contributed by atoms with E-state index in [9.17, 15) is 4.79 Å². The third kappa shape index (κ3) is 2.49. The number of rotatable bonds is 3. The Kier molecular flexibility index (Phi) is 3.34. The summed E-state index contributed by atoms with van der Waals surface area (Å²) in [5, 5.41) is 0. The molecule has 0 spiro atoms. The average Bonchev–Trinajstić information content (AvgIpc) is 2.37. The number of carbonyl (C=O) groups is 1. The molecule has 0 unspecified atom stereocenters. The van der Waals surface area contributed by atoms with E-state index in [1.165, 1.54) is 0 Å². The predicted molar refractivity (Wildman–Crippen MR) is 46.4 cm³/mol. The van der Waals surface area contributed by atoms with Gasteiger partial charge in [-0.3, -0.25) is 4.79 Å². The minimum atomic E-state index is 0.395. The van der Waals surface area contributed by atoms with E-state index in [1.54, 1.807) is 0 Å². The van der Waals surface area contributed by atoms with Crippen molar-refractivity contribution in [3.63, 3.8) is 0 Å². The van der Waals surface area contributed by atoms with Gasteiger partial charge in [-0.15, -0.1) is 0 Å². The molecule has 1 aliphatic carbocycles. The second-order valence-corrected chi connectivity index (χ2v) is 3.20. The smallest absolute Gasteiger partial charge is 0.135 e. The van der Waals surface area contributed by atoms with Crippen molar-refractivity contribution in [2.24, 2.45) is 5.92 Å². The zero-order chi connectivity index (χ0) is 8.10. The van der Waals surface area contributed by atoms with Crippen LogP contribution in [0.5, 0.6) is 0 Å². The van der Waals surface area contributed by atoms with E-state index in [0.29, 0.717) is 11.7 Å². The van der Waals surface area contributed by atoms with E-state index in [-0.39, 0.29) is 0 Å². The Morgan fingerprint density at radius 1 is 1.64 bits per heavy atom. The number of Topliss-reactive ketones (excluding diaryl/α,β-unsaturated/α-hetero) is 1. The van der Waals surface area contributed by atoms with Crippen LogP contribution in [0.1, 0.15) is 39.0 Å². The quantitative estimate of drug-likeness (QED) is 0.568. The first-order chi connectivity index (χ1) is 5.34. The molecule has 11 heavy (non-hydrogen) atoms. The fourth-order valence-corrected chi connectivity index (χ4v) is 1.66.